The second kappa shape index (κ2) is 5.54. The highest BCUT2D eigenvalue weighted by Crippen LogP contribution is 2.26. The van der Waals surface area contributed by atoms with E-state index in [1.165, 1.54) is 0 Å². The highest BCUT2D eigenvalue weighted by atomic mass is 79.9. The molecule has 0 bridgehead atoms. The molecule has 0 atom stereocenters. The lowest BCUT2D eigenvalue weighted by Crippen LogP contribution is -2.02. The summed E-state index contributed by atoms with van der Waals surface area (Å²) in [5, 5.41) is 11.6. The lowest BCUT2D eigenvalue weighted by atomic mass is 10.1. The Labute approximate surface area is 125 Å². The van der Waals surface area contributed by atoms with Gasteiger partial charge in [0.15, 0.2) is 0 Å². The fourth-order valence-corrected chi connectivity index (χ4v) is 2.61. The second-order valence-corrected chi connectivity index (χ2v) is 5.36. The van der Waals surface area contributed by atoms with Gasteiger partial charge in [0.2, 0.25) is 0 Å². The van der Waals surface area contributed by atoms with Crippen LogP contribution in [0.1, 0.15) is 5.56 Å². The Kier molecular flexibility index (Phi) is 3.60. The van der Waals surface area contributed by atoms with Crippen LogP contribution in [0.5, 0.6) is 5.75 Å². The van der Waals surface area contributed by atoms with Gasteiger partial charge in [-0.3, -0.25) is 5.10 Å². The molecule has 0 aliphatic carbocycles. The van der Waals surface area contributed by atoms with E-state index in [-0.39, 0.29) is 0 Å². The molecule has 4 nitrogen and oxygen atoms in total. The number of hydrogen-bond donors (Lipinski definition) is 2. The summed E-state index contributed by atoms with van der Waals surface area (Å²) in [6.45, 7) is 0.687. The number of nitrogens with zero attached hydrogens (tertiary/aromatic N) is 1. The number of halogens is 1. The zero-order valence-corrected chi connectivity index (χ0v) is 12.6. The van der Waals surface area contributed by atoms with Crippen LogP contribution < -0.4 is 10.1 Å². The highest BCUT2D eigenvalue weighted by molar-refractivity contribution is 9.10. The molecule has 0 aliphatic heterocycles. The Bertz CT molecular complexity index is 739. The zero-order chi connectivity index (χ0) is 13.9. The van der Waals surface area contributed by atoms with Crippen LogP contribution in [-0.2, 0) is 6.54 Å². The molecule has 0 unspecified atom stereocenters. The van der Waals surface area contributed by atoms with Crippen LogP contribution in [-0.4, -0.2) is 17.3 Å². The van der Waals surface area contributed by atoms with Crippen molar-refractivity contribution in [3.63, 3.8) is 0 Å². The Balaban J connectivity index is 1.86. The standard InChI is InChI=1S/C15H14BrN3O/c1-20-15-6-5-11(16)7-10(15)8-17-13-3-2-4-14-12(13)9-18-19-14/h2-7,9,17H,8H2,1H3,(H,18,19). The molecule has 3 rings (SSSR count). The van der Waals surface area contributed by atoms with Crippen LogP contribution in [0.4, 0.5) is 5.69 Å². The van der Waals surface area contributed by atoms with E-state index < -0.39 is 0 Å². The van der Waals surface area contributed by atoms with Crippen LogP contribution in [0.25, 0.3) is 10.9 Å². The van der Waals surface area contributed by atoms with Gasteiger partial charge < -0.3 is 10.1 Å². The van der Waals surface area contributed by atoms with Crippen molar-refractivity contribution in [3.8, 4) is 5.75 Å². The number of benzene rings is 2. The molecular formula is C15H14BrN3O. The van der Waals surface area contributed by atoms with E-state index >= 15 is 0 Å². The average molecular weight is 332 g/mol. The van der Waals surface area contributed by atoms with E-state index in [0.717, 1.165) is 32.4 Å². The number of fused-ring (bicyclic) bond motifs is 1. The van der Waals surface area contributed by atoms with Crippen LogP contribution in [0.2, 0.25) is 0 Å². The number of hydrogen-bond acceptors (Lipinski definition) is 3. The number of rotatable bonds is 4. The first-order valence-electron chi connectivity index (χ1n) is 6.26. The molecule has 0 saturated carbocycles. The van der Waals surface area contributed by atoms with Crippen molar-refractivity contribution in [1.29, 1.82) is 0 Å². The summed E-state index contributed by atoms with van der Waals surface area (Å²) < 4.78 is 6.42. The van der Waals surface area contributed by atoms with Crippen molar-refractivity contribution in [2.75, 3.05) is 12.4 Å². The third kappa shape index (κ3) is 2.49. The summed E-state index contributed by atoms with van der Waals surface area (Å²) in [6, 6.07) is 12.0. The number of H-pyrrole nitrogens is 1. The summed E-state index contributed by atoms with van der Waals surface area (Å²) in [6.07, 6.45) is 1.83. The highest BCUT2D eigenvalue weighted by Gasteiger charge is 2.06. The number of methoxy groups -OCH3 is 1. The maximum atomic E-state index is 5.38. The van der Waals surface area contributed by atoms with E-state index in [4.69, 9.17) is 4.74 Å². The Morgan fingerprint density at radius 1 is 1.30 bits per heavy atom. The molecule has 0 aliphatic rings. The number of nitrogens with one attached hydrogen (secondary N) is 2. The van der Waals surface area contributed by atoms with Crippen LogP contribution in [0.15, 0.2) is 47.1 Å². The number of aromatic amines is 1. The largest absolute Gasteiger partial charge is 0.496 e. The molecule has 3 aromatic rings. The van der Waals surface area contributed by atoms with E-state index in [1.807, 2.05) is 36.5 Å². The lowest BCUT2D eigenvalue weighted by molar-refractivity contribution is 0.410. The predicted molar refractivity (Wildman–Crippen MR) is 84.1 cm³/mol. The van der Waals surface area contributed by atoms with Crippen molar-refractivity contribution in [2.24, 2.45) is 0 Å². The van der Waals surface area contributed by atoms with Crippen LogP contribution >= 0.6 is 15.9 Å². The van der Waals surface area contributed by atoms with E-state index in [9.17, 15) is 0 Å². The van der Waals surface area contributed by atoms with Gasteiger partial charge in [-0.15, -0.1) is 0 Å². The molecule has 1 aromatic heterocycles. The Hall–Kier alpha value is -2.01. The van der Waals surface area contributed by atoms with Crippen LogP contribution in [0, 0.1) is 0 Å². The summed E-state index contributed by atoms with van der Waals surface area (Å²) in [7, 11) is 1.68. The van der Waals surface area contributed by atoms with Gasteiger partial charge in [0.1, 0.15) is 5.75 Å². The molecule has 2 aromatic carbocycles. The van der Waals surface area contributed by atoms with Gasteiger partial charge in [-0.25, -0.2) is 0 Å². The molecule has 5 heteroatoms. The molecule has 1 heterocycles. The quantitative estimate of drug-likeness (QED) is 0.761. The molecule has 0 radical (unpaired) electrons. The summed E-state index contributed by atoms with van der Waals surface area (Å²) in [5.41, 5.74) is 3.18. The van der Waals surface area contributed by atoms with E-state index in [1.54, 1.807) is 7.11 Å². The van der Waals surface area contributed by atoms with Crippen molar-refractivity contribution < 1.29 is 4.74 Å². The summed E-state index contributed by atoms with van der Waals surface area (Å²) in [5.74, 6) is 0.875. The predicted octanol–water partition coefficient (Wildman–Crippen LogP) is 3.95. The van der Waals surface area contributed by atoms with Gasteiger partial charge >= 0.3 is 0 Å². The second-order valence-electron chi connectivity index (χ2n) is 4.45. The number of aromatic nitrogens is 2. The average Bonchev–Trinajstić information content (AvgIpc) is 2.94. The minimum absolute atomic E-state index is 0.687. The van der Waals surface area contributed by atoms with Crippen molar-refractivity contribution >= 4 is 32.5 Å². The maximum Gasteiger partial charge on any atom is 0.123 e. The van der Waals surface area contributed by atoms with Crippen molar-refractivity contribution in [3.05, 3.63) is 52.6 Å². The summed E-state index contributed by atoms with van der Waals surface area (Å²) in [4.78, 5) is 0. The first kappa shape index (κ1) is 13.0. The lowest BCUT2D eigenvalue weighted by Gasteiger charge is -2.11. The Morgan fingerprint density at radius 2 is 2.20 bits per heavy atom. The third-order valence-corrected chi connectivity index (χ3v) is 3.69. The molecular weight excluding hydrogens is 318 g/mol. The first-order chi connectivity index (χ1) is 9.78. The van der Waals surface area contributed by atoms with Gasteiger partial charge in [-0.1, -0.05) is 22.0 Å². The normalized spacial score (nSPS) is 10.7. The van der Waals surface area contributed by atoms with E-state index in [2.05, 4.69) is 37.5 Å². The van der Waals surface area contributed by atoms with Crippen molar-refractivity contribution in [1.82, 2.24) is 10.2 Å². The number of ether oxygens (including phenoxy) is 1. The van der Waals surface area contributed by atoms with Crippen molar-refractivity contribution in [2.45, 2.75) is 6.54 Å². The SMILES string of the molecule is COc1ccc(Br)cc1CNc1cccc2[nH]ncc12. The molecule has 0 fully saturated rings. The molecule has 0 amide bonds. The first-order valence-corrected chi connectivity index (χ1v) is 7.05. The third-order valence-electron chi connectivity index (χ3n) is 3.20. The fourth-order valence-electron chi connectivity index (χ4n) is 2.20. The minimum atomic E-state index is 0.687. The molecule has 20 heavy (non-hydrogen) atoms. The van der Waals surface area contributed by atoms with Gasteiger partial charge in [0.25, 0.3) is 0 Å². The summed E-state index contributed by atoms with van der Waals surface area (Å²) >= 11 is 3.49. The maximum absolute atomic E-state index is 5.38. The molecule has 2 N–H and O–H groups in total. The van der Waals surface area contributed by atoms with E-state index in [0.29, 0.717) is 6.54 Å². The molecule has 102 valence electrons. The van der Waals surface area contributed by atoms with Crippen LogP contribution in [0.3, 0.4) is 0 Å². The molecule has 0 saturated heterocycles. The topological polar surface area (TPSA) is 49.9 Å². The van der Waals surface area contributed by atoms with Gasteiger partial charge in [-0.05, 0) is 30.3 Å². The van der Waals surface area contributed by atoms with Gasteiger partial charge in [-0.2, -0.15) is 5.10 Å². The number of anilines is 1. The van der Waals surface area contributed by atoms with Gasteiger partial charge in [0, 0.05) is 27.7 Å². The zero-order valence-electron chi connectivity index (χ0n) is 11.0. The molecule has 0 spiro atoms. The Morgan fingerprint density at radius 3 is 3.05 bits per heavy atom. The fraction of sp³-hybridized carbons (Fsp3) is 0.133. The minimum Gasteiger partial charge on any atom is -0.496 e. The van der Waals surface area contributed by atoms with Gasteiger partial charge in [0.05, 0.1) is 18.8 Å². The monoisotopic (exact) mass is 331 g/mol. The smallest absolute Gasteiger partial charge is 0.123 e.